The lowest BCUT2D eigenvalue weighted by molar-refractivity contribution is -0.252. The Balaban J connectivity index is 1.26. The summed E-state index contributed by atoms with van der Waals surface area (Å²) in [5.74, 6) is -0.113. The van der Waals surface area contributed by atoms with Crippen molar-refractivity contribution in [3.8, 4) is 0 Å². The lowest BCUT2D eigenvalue weighted by atomic mass is 9.99. The Hall–Kier alpha value is -4.02. The number of ether oxygens (including phenoxy) is 2. The first-order chi connectivity index (χ1) is 21.8. The maximum Gasteiger partial charge on any atom is 0.224 e. The molecular weight excluding hydrogens is 568 g/mol. The Morgan fingerprint density at radius 1 is 0.933 bits per heavy atom. The highest BCUT2D eigenvalue weighted by atomic mass is 16.7. The molecule has 3 aromatic rings. The molecule has 9 heteroatoms. The quantitative estimate of drug-likeness (QED) is 0.0842. The number of aliphatic hydroxyl groups is 1. The first-order valence-electron chi connectivity index (χ1n) is 15.7. The molecule has 2 amide bonds. The fraction of sp³-hybridized carbons (Fsp3) is 0.389. The number of nitrogen functional groups attached to an aromatic ring is 1. The van der Waals surface area contributed by atoms with Gasteiger partial charge in [0.2, 0.25) is 11.8 Å². The van der Waals surface area contributed by atoms with Gasteiger partial charge >= 0.3 is 0 Å². The third kappa shape index (κ3) is 10.8. The normalized spacial score (nSPS) is 18.0. The molecule has 240 valence electrons. The van der Waals surface area contributed by atoms with Crippen molar-refractivity contribution in [2.24, 2.45) is 0 Å². The number of carbonyl (C=O) groups is 2. The molecule has 0 bridgehead atoms. The first-order valence-corrected chi connectivity index (χ1v) is 15.7. The third-order valence-corrected chi connectivity index (χ3v) is 7.81. The number of para-hydroxylation sites is 2. The molecule has 5 N–H and O–H groups in total. The summed E-state index contributed by atoms with van der Waals surface area (Å²) in [4.78, 5) is 27.1. The number of rotatable bonds is 16. The molecule has 3 atom stereocenters. The average Bonchev–Trinajstić information content (AvgIpc) is 3.04. The highest BCUT2D eigenvalue weighted by molar-refractivity contribution is 5.93. The Bertz CT molecular complexity index is 1400. The molecule has 4 rings (SSSR count). The van der Waals surface area contributed by atoms with Gasteiger partial charge in [-0.25, -0.2) is 0 Å². The number of nitrogens with two attached hydrogens (primary N) is 1. The van der Waals surface area contributed by atoms with E-state index in [0.29, 0.717) is 36.3 Å². The minimum absolute atomic E-state index is 0.00476. The van der Waals surface area contributed by atoms with Crippen LogP contribution in [0.1, 0.15) is 74.0 Å². The number of unbranched alkanes of at least 4 members (excludes halogenated alkanes) is 3. The number of hydrogen-bond donors (Lipinski definition) is 4. The van der Waals surface area contributed by atoms with Crippen molar-refractivity contribution in [2.75, 3.05) is 36.5 Å². The number of benzene rings is 3. The van der Waals surface area contributed by atoms with Gasteiger partial charge in [0.15, 0.2) is 6.29 Å². The van der Waals surface area contributed by atoms with Gasteiger partial charge in [0.25, 0.3) is 0 Å². The van der Waals surface area contributed by atoms with E-state index in [0.717, 1.165) is 55.5 Å². The predicted molar refractivity (Wildman–Crippen MR) is 178 cm³/mol. The van der Waals surface area contributed by atoms with Gasteiger partial charge in [-0.1, -0.05) is 67.4 Å². The Morgan fingerprint density at radius 2 is 1.64 bits per heavy atom. The molecule has 3 unspecified atom stereocenters. The zero-order valence-electron chi connectivity index (χ0n) is 26.1. The van der Waals surface area contributed by atoms with Gasteiger partial charge in [0.1, 0.15) is 0 Å². The predicted octanol–water partition coefficient (Wildman–Crippen LogP) is 6.34. The van der Waals surface area contributed by atoms with E-state index in [1.54, 1.807) is 12.1 Å². The van der Waals surface area contributed by atoms with Gasteiger partial charge < -0.3 is 35.8 Å². The second-order valence-electron chi connectivity index (χ2n) is 11.6. The van der Waals surface area contributed by atoms with Gasteiger partial charge in [0.05, 0.1) is 30.2 Å². The second kappa shape index (κ2) is 17.5. The highest BCUT2D eigenvalue weighted by Crippen LogP contribution is 2.38. The van der Waals surface area contributed by atoms with Crippen molar-refractivity contribution in [1.29, 1.82) is 0 Å². The van der Waals surface area contributed by atoms with E-state index in [2.05, 4.69) is 22.1 Å². The third-order valence-electron chi connectivity index (χ3n) is 7.81. The lowest BCUT2D eigenvalue weighted by Crippen LogP contribution is -2.37. The number of nitrogens with one attached hydrogen (secondary N) is 2. The van der Waals surface area contributed by atoms with E-state index in [1.165, 1.54) is 0 Å². The summed E-state index contributed by atoms with van der Waals surface area (Å²) < 4.78 is 12.9. The molecule has 1 saturated heterocycles. The van der Waals surface area contributed by atoms with Gasteiger partial charge in [-0.05, 0) is 55.3 Å². The van der Waals surface area contributed by atoms with Crippen molar-refractivity contribution in [3.05, 3.63) is 102 Å². The standard InChI is InChI=1S/C36H46N4O5/c1-3-21-40(2)24-30-23-33(27-19-17-26(25-41)18-20-27)45-36(44-30)28-11-10-12-29(22-28)38-34(42)15-6-4-5-7-16-35(43)39-32-14-9-8-13-31(32)37/h3,8-14,17-20,22,30,33,36,41H,1,4-7,15-16,21,23-25,37H2,2H3,(H,38,42)(H,39,43). The summed E-state index contributed by atoms with van der Waals surface area (Å²) in [6, 6.07) is 22.6. The van der Waals surface area contributed by atoms with Crippen molar-refractivity contribution in [3.63, 3.8) is 0 Å². The molecular formula is C36H46N4O5. The minimum atomic E-state index is -0.601. The highest BCUT2D eigenvalue weighted by Gasteiger charge is 2.32. The Kier molecular flexibility index (Phi) is 13.1. The van der Waals surface area contributed by atoms with Crippen LogP contribution in [0.15, 0.2) is 85.5 Å². The summed E-state index contributed by atoms with van der Waals surface area (Å²) in [7, 11) is 2.04. The second-order valence-corrected chi connectivity index (χ2v) is 11.6. The van der Waals surface area contributed by atoms with Gasteiger partial charge in [-0.15, -0.1) is 6.58 Å². The van der Waals surface area contributed by atoms with Crippen LogP contribution in [-0.4, -0.2) is 48.1 Å². The van der Waals surface area contributed by atoms with Gasteiger partial charge in [-0.3, -0.25) is 9.59 Å². The number of hydrogen-bond acceptors (Lipinski definition) is 7. The summed E-state index contributed by atoms with van der Waals surface area (Å²) in [6.07, 6.45) is 5.74. The van der Waals surface area contributed by atoms with Crippen LogP contribution in [0.2, 0.25) is 0 Å². The Labute approximate surface area is 266 Å². The summed E-state index contributed by atoms with van der Waals surface area (Å²) >= 11 is 0. The number of likely N-dealkylation sites (N-methyl/N-ethyl adjacent to an activating group) is 1. The number of carbonyl (C=O) groups excluding carboxylic acids is 2. The molecule has 0 aromatic heterocycles. The number of amides is 2. The van der Waals surface area contributed by atoms with Crippen LogP contribution in [0.3, 0.4) is 0 Å². The van der Waals surface area contributed by atoms with Crippen LogP contribution < -0.4 is 16.4 Å². The Morgan fingerprint density at radius 3 is 2.33 bits per heavy atom. The van der Waals surface area contributed by atoms with Crippen molar-refractivity contribution in [1.82, 2.24) is 4.90 Å². The first kappa shape index (κ1) is 33.9. The largest absolute Gasteiger partial charge is 0.397 e. The molecule has 0 aliphatic carbocycles. The molecule has 45 heavy (non-hydrogen) atoms. The molecule has 0 radical (unpaired) electrons. The van der Waals surface area contributed by atoms with Crippen molar-refractivity contribution >= 4 is 28.9 Å². The molecule has 9 nitrogen and oxygen atoms in total. The zero-order valence-corrected chi connectivity index (χ0v) is 26.1. The van der Waals surface area contributed by atoms with Crippen LogP contribution in [0, 0.1) is 0 Å². The number of aliphatic hydroxyl groups excluding tert-OH is 1. The maximum atomic E-state index is 12.7. The SMILES string of the molecule is C=CCN(C)CC1CC(c2ccc(CO)cc2)OC(c2cccc(NC(=O)CCCCCCC(=O)Nc3ccccc3N)c2)O1. The lowest BCUT2D eigenvalue weighted by Gasteiger charge is -2.37. The summed E-state index contributed by atoms with van der Waals surface area (Å²) in [5.41, 5.74) is 10.5. The fourth-order valence-electron chi connectivity index (χ4n) is 5.41. The van der Waals surface area contributed by atoms with Crippen LogP contribution in [0.4, 0.5) is 17.1 Å². The molecule has 1 heterocycles. The molecule has 1 aliphatic rings. The van der Waals surface area contributed by atoms with E-state index in [9.17, 15) is 14.7 Å². The summed E-state index contributed by atoms with van der Waals surface area (Å²) in [6.45, 7) is 5.31. The number of nitrogens with zero attached hydrogens (tertiary/aromatic N) is 1. The monoisotopic (exact) mass is 614 g/mol. The van der Waals surface area contributed by atoms with Crippen LogP contribution in [0.5, 0.6) is 0 Å². The van der Waals surface area contributed by atoms with E-state index >= 15 is 0 Å². The van der Waals surface area contributed by atoms with Gasteiger partial charge in [-0.2, -0.15) is 0 Å². The fourth-order valence-corrected chi connectivity index (χ4v) is 5.41. The van der Waals surface area contributed by atoms with E-state index < -0.39 is 6.29 Å². The minimum Gasteiger partial charge on any atom is -0.397 e. The van der Waals surface area contributed by atoms with E-state index in [4.69, 9.17) is 15.2 Å². The molecule has 1 aliphatic heterocycles. The van der Waals surface area contributed by atoms with Crippen molar-refractivity contribution < 1.29 is 24.2 Å². The number of anilines is 3. The van der Waals surface area contributed by atoms with E-state index in [1.807, 2.05) is 73.8 Å². The zero-order chi connectivity index (χ0) is 32.0. The maximum absolute atomic E-state index is 12.7. The molecule has 1 fully saturated rings. The molecule has 0 spiro atoms. The molecule has 0 saturated carbocycles. The topological polar surface area (TPSA) is 126 Å². The van der Waals surface area contributed by atoms with Crippen LogP contribution in [-0.2, 0) is 25.7 Å². The smallest absolute Gasteiger partial charge is 0.224 e. The van der Waals surface area contributed by atoms with Crippen molar-refractivity contribution in [2.45, 2.75) is 70.1 Å². The van der Waals surface area contributed by atoms with E-state index in [-0.39, 0.29) is 30.6 Å². The molecule has 3 aromatic carbocycles. The van der Waals surface area contributed by atoms with Crippen LogP contribution >= 0.6 is 0 Å². The van der Waals surface area contributed by atoms with Crippen LogP contribution in [0.25, 0.3) is 0 Å². The average molecular weight is 615 g/mol. The van der Waals surface area contributed by atoms with Gasteiger partial charge in [0, 0.05) is 43.6 Å². The summed E-state index contributed by atoms with van der Waals surface area (Å²) in [5, 5.41) is 15.3.